The lowest BCUT2D eigenvalue weighted by molar-refractivity contribution is 0.180. The van der Waals surface area contributed by atoms with Crippen LogP contribution in [0, 0.1) is 4.84 Å². The van der Waals surface area contributed by atoms with Crippen molar-refractivity contribution in [3.8, 4) is 17.2 Å². The van der Waals surface area contributed by atoms with Crippen molar-refractivity contribution in [3.05, 3.63) is 64.5 Å². The monoisotopic (exact) mass is 367 g/mol. The SMILES string of the molecule is COc1ccccc1-c1nn(CN(C)C2CCc3ccccc32)c(=S)o1. The number of hydrogen-bond donors (Lipinski definition) is 0. The van der Waals surface area contributed by atoms with Gasteiger partial charge < -0.3 is 9.15 Å². The predicted octanol–water partition coefficient (Wildman–Crippen LogP) is 4.46. The molecule has 0 amide bonds. The summed E-state index contributed by atoms with van der Waals surface area (Å²) in [7, 11) is 3.74. The van der Waals surface area contributed by atoms with Gasteiger partial charge in [-0.15, -0.1) is 5.10 Å². The van der Waals surface area contributed by atoms with E-state index < -0.39 is 0 Å². The van der Waals surface area contributed by atoms with Crippen molar-refractivity contribution in [1.82, 2.24) is 14.7 Å². The van der Waals surface area contributed by atoms with Gasteiger partial charge in [0.2, 0.25) is 0 Å². The van der Waals surface area contributed by atoms with E-state index >= 15 is 0 Å². The van der Waals surface area contributed by atoms with E-state index in [1.165, 1.54) is 11.1 Å². The molecule has 0 aliphatic heterocycles. The summed E-state index contributed by atoms with van der Waals surface area (Å²) in [4.78, 5) is 2.64. The maximum Gasteiger partial charge on any atom is 0.288 e. The molecule has 0 spiro atoms. The van der Waals surface area contributed by atoms with Crippen LogP contribution in [0.5, 0.6) is 5.75 Å². The van der Waals surface area contributed by atoms with Crippen LogP contribution < -0.4 is 4.74 Å². The molecule has 0 N–H and O–H groups in total. The number of fused-ring (bicyclic) bond motifs is 1. The quantitative estimate of drug-likeness (QED) is 0.623. The van der Waals surface area contributed by atoms with Gasteiger partial charge in [-0.3, -0.25) is 4.90 Å². The molecule has 2 aromatic carbocycles. The van der Waals surface area contributed by atoms with E-state index in [1.54, 1.807) is 11.8 Å². The zero-order valence-corrected chi connectivity index (χ0v) is 15.7. The zero-order chi connectivity index (χ0) is 18.1. The minimum atomic E-state index is 0.365. The van der Waals surface area contributed by atoms with Crippen LogP contribution in [0.1, 0.15) is 23.6 Å². The van der Waals surface area contributed by atoms with Crippen LogP contribution in [0.15, 0.2) is 52.9 Å². The number of ether oxygens (including phenoxy) is 1. The van der Waals surface area contributed by atoms with Crippen LogP contribution in [-0.2, 0) is 13.1 Å². The number of para-hydroxylation sites is 1. The minimum absolute atomic E-state index is 0.365. The lowest BCUT2D eigenvalue weighted by Gasteiger charge is -2.24. The average molecular weight is 367 g/mol. The second-order valence-electron chi connectivity index (χ2n) is 6.52. The number of rotatable bonds is 5. The Bertz CT molecular complexity index is 979. The van der Waals surface area contributed by atoms with Crippen molar-refractivity contribution < 1.29 is 9.15 Å². The predicted molar refractivity (Wildman–Crippen MR) is 103 cm³/mol. The normalized spacial score (nSPS) is 16.0. The summed E-state index contributed by atoms with van der Waals surface area (Å²) >= 11 is 5.39. The summed E-state index contributed by atoms with van der Waals surface area (Å²) in [5, 5.41) is 4.58. The number of nitrogens with zero attached hydrogens (tertiary/aromatic N) is 3. The summed E-state index contributed by atoms with van der Waals surface area (Å²) in [5.74, 6) is 1.20. The summed E-state index contributed by atoms with van der Waals surface area (Å²) in [5.41, 5.74) is 3.63. The third-order valence-corrected chi connectivity index (χ3v) is 5.23. The van der Waals surface area contributed by atoms with Crippen molar-refractivity contribution in [3.63, 3.8) is 0 Å². The molecule has 0 saturated heterocycles. The molecule has 0 fully saturated rings. The molecule has 0 radical (unpaired) electrons. The Morgan fingerprint density at radius 2 is 2.00 bits per heavy atom. The Balaban J connectivity index is 1.58. The van der Waals surface area contributed by atoms with Crippen molar-refractivity contribution in [2.75, 3.05) is 14.2 Å². The lowest BCUT2D eigenvalue weighted by Crippen LogP contribution is -2.26. The molecule has 1 atom stereocenters. The van der Waals surface area contributed by atoms with E-state index in [9.17, 15) is 0 Å². The average Bonchev–Trinajstić information content (AvgIpc) is 3.25. The van der Waals surface area contributed by atoms with Crippen molar-refractivity contribution in [1.29, 1.82) is 0 Å². The maximum absolute atomic E-state index is 5.74. The Labute approximate surface area is 157 Å². The third kappa shape index (κ3) is 3.06. The number of aryl methyl sites for hydroxylation is 1. The first-order valence-electron chi connectivity index (χ1n) is 8.67. The molecular weight excluding hydrogens is 346 g/mol. The topological polar surface area (TPSA) is 43.4 Å². The van der Waals surface area contributed by atoms with Gasteiger partial charge in [-0.2, -0.15) is 0 Å². The molecule has 3 aromatic rings. The second kappa shape index (κ2) is 7.05. The van der Waals surface area contributed by atoms with Crippen LogP contribution in [0.4, 0.5) is 0 Å². The molecule has 1 aliphatic rings. The van der Waals surface area contributed by atoms with Crippen LogP contribution in [0.3, 0.4) is 0 Å². The number of benzene rings is 2. The molecular formula is C20H21N3O2S. The van der Waals surface area contributed by atoms with E-state index in [0.717, 1.165) is 18.4 Å². The van der Waals surface area contributed by atoms with Gasteiger partial charge in [-0.1, -0.05) is 36.4 Å². The third-order valence-electron chi connectivity index (χ3n) is 4.93. The van der Waals surface area contributed by atoms with Gasteiger partial charge in [-0.25, -0.2) is 4.68 Å². The largest absolute Gasteiger partial charge is 0.496 e. The highest BCUT2D eigenvalue weighted by Crippen LogP contribution is 2.35. The van der Waals surface area contributed by atoms with Gasteiger partial charge in [-0.05, 0) is 55.4 Å². The van der Waals surface area contributed by atoms with Gasteiger partial charge >= 0.3 is 0 Å². The fraction of sp³-hybridized carbons (Fsp3) is 0.300. The molecule has 0 saturated carbocycles. The van der Waals surface area contributed by atoms with Crippen molar-refractivity contribution in [2.24, 2.45) is 0 Å². The van der Waals surface area contributed by atoms with Crippen LogP contribution in [0.25, 0.3) is 11.5 Å². The van der Waals surface area contributed by atoms with Gasteiger partial charge in [0.25, 0.3) is 10.7 Å². The van der Waals surface area contributed by atoms with E-state index in [0.29, 0.717) is 29.2 Å². The van der Waals surface area contributed by atoms with Gasteiger partial charge in [0, 0.05) is 6.04 Å². The molecule has 1 aromatic heterocycles. The molecule has 5 nitrogen and oxygen atoms in total. The standard InChI is InChI=1S/C20H21N3O2S/c1-22(17-12-11-14-7-3-4-8-15(14)17)13-23-20(26)25-19(21-23)16-9-5-6-10-18(16)24-2/h3-10,17H,11-13H2,1-2H3. The van der Waals surface area contributed by atoms with E-state index in [-0.39, 0.29) is 0 Å². The van der Waals surface area contributed by atoms with Crippen LogP contribution in [0.2, 0.25) is 0 Å². The molecule has 26 heavy (non-hydrogen) atoms. The Hall–Kier alpha value is -2.44. The lowest BCUT2D eigenvalue weighted by atomic mass is 10.1. The highest BCUT2D eigenvalue weighted by Gasteiger charge is 2.26. The van der Waals surface area contributed by atoms with Gasteiger partial charge in [0.15, 0.2) is 0 Å². The van der Waals surface area contributed by atoms with Gasteiger partial charge in [0.05, 0.1) is 19.3 Å². The number of aromatic nitrogens is 2. The molecule has 1 heterocycles. The Kier molecular flexibility index (Phi) is 4.61. The summed E-state index contributed by atoms with van der Waals surface area (Å²) in [6, 6.07) is 16.7. The maximum atomic E-state index is 5.74. The first-order chi connectivity index (χ1) is 12.7. The minimum Gasteiger partial charge on any atom is -0.496 e. The fourth-order valence-electron chi connectivity index (χ4n) is 3.63. The number of methoxy groups -OCH3 is 1. The zero-order valence-electron chi connectivity index (χ0n) is 14.9. The van der Waals surface area contributed by atoms with E-state index in [4.69, 9.17) is 21.4 Å². The molecule has 1 aliphatic carbocycles. The van der Waals surface area contributed by atoms with E-state index in [2.05, 4.69) is 41.3 Å². The van der Waals surface area contributed by atoms with E-state index in [1.807, 2.05) is 24.3 Å². The molecule has 1 unspecified atom stereocenters. The smallest absolute Gasteiger partial charge is 0.288 e. The Morgan fingerprint density at radius 1 is 1.23 bits per heavy atom. The first-order valence-corrected chi connectivity index (χ1v) is 9.07. The molecule has 0 bridgehead atoms. The highest BCUT2D eigenvalue weighted by molar-refractivity contribution is 7.71. The first kappa shape index (κ1) is 17.0. The molecule has 4 rings (SSSR count). The van der Waals surface area contributed by atoms with Crippen molar-refractivity contribution >= 4 is 12.2 Å². The Morgan fingerprint density at radius 3 is 2.85 bits per heavy atom. The highest BCUT2D eigenvalue weighted by atomic mass is 32.1. The van der Waals surface area contributed by atoms with Crippen LogP contribution in [-0.4, -0.2) is 28.8 Å². The van der Waals surface area contributed by atoms with Crippen molar-refractivity contribution in [2.45, 2.75) is 25.6 Å². The fourth-order valence-corrected chi connectivity index (χ4v) is 3.81. The van der Waals surface area contributed by atoms with Crippen LogP contribution >= 0.6 is 12.2 Å². The summed E-state index contributed by atoms with van der Waals surface area (Å²) < 4.78 is 12.9. The molecule has 134 valence electrons. The molecule has 6 heteroatoms. The number of hydrogen-bond acceptors (Lipinski definition) is 5. The second-order valence-corrected chi connectivity index (χ2v) is 6.87. The summed E-state index contributed by atoms with van der Waals surface area (Å²) in [6.07, 6.45) is 2.22. The van der Waals surface area contributed by atoms with Gasteiger partial charge in [0.1, 0.15) is 5.75 Å². The summed E-state index contributed by atoms with van der Waals surface area (Å²) in [6.45, 7) is 0.580.